The maximum atomic E-state index is 11.8. The predicted octanol–water partition coefficient (Wildman–Crippen LogP) is -0.522. The average Bonchev–Trinajstić information content (AvgIpc) is 2.30. The summed E-state index contributed by atoms with van der Waals surface area (Å²) in [7, 11) is 0. The minimum atomic E-state index is -1.50. The summed E-state index contributed by atoms with van der Waals surface area (Å²) >= 11 is 4.62. The van der Waals surface area contributed by atoms with Crippen molar-refractivity contribution >= 4 is 40.7 Å². The van der Waals surface area contributed by atoms with Gasteiger partial charge < -0.3 is 21.1 Å². The minimum Gasteiger partial charge on any atom is -0.508 e. The van der Waals surface area contributed by atoms with E-state index in [1.165, 1.54) is 24.3 Å². The Bertz CT molecular complexity index is 550. The van der Waals surface area contributed by atoms with E-state index in [0.29, 0.717) is 5.69 Å². The molecule has 4 N–H and O–H groups in total. The van der Waals surface area contributed by atoms with Crippen molar-refractivity contribution in [2.75, 3.05) is 5.32 Å². The lowest BCUT2D eigenvalue weighted by molar-refractivity contribution is -0.140. The molecule has 7 nitrogen and oxygen atoms in total. The molecule has 0 radical (unpaired) electrons. The molecule has 0 bridgehead atoms. The predicted molar refractivity (Wildman–Crippen MR) is 69.1 cm³/mol. The van der Waals surface area contributed by atoms with Crippen LogP contribution < -0.4 is 16.0 Å². The fraction of sp³-hybridized carbons (Fsp3) is 0.0909. The van der Waals surface area contributed by atoms with Crippen molar-refractivity contribution < 1.29 is 19.5 Å². The highest BCUT2D eigenvalue weighted by molar-refractivity contribution is 7.80. The van der Waals surface area contributed by atoms with Gasteiger partial charge in [-0.15, -0.1) is 0 Å². The third-order valence-electron chi connectivity index (χ3n) is 2.39. The number of carbonyl (C=O) groups excluding carboxylic acids is 3. The van der Waals surface area contributed by atoms with Crippen LogP contribution in [0.1, 0.15) is 0 Å². The van der Waals surface area contributed by atoms with E-state index in [-0.39, 0.29) is 10.9 Å². The molecule has 0 saturated carbocycles. The van der Waals surface area contributed by atoms with Crippen molar-refractivity contribution in [1.82, 2.24) is 10.6 Å². The number of amides is 3. The minimum absolute atomic E-state index is 0.0384. The summed E-state index contributed by atoms with van der Waals surface area (Å²) in [5.74, 6) is -3.78. The zero-order valence-electron chi connectivity index (χ0n) is 9.47. The fourth-order valence-corrected chi connectivity index (χ4v) is 1.72. The Morgan fingerprint density at radius 2 is 1.68 bits per heavy atom. The van der Waals surface area contributed by atoms with E-state index in [9.17, 15) is 14.4 Å². The number of carbonyl (C=O) groups is 3. The zero-order valence-corrected chi connectivity index (χ0v) is 10.3. The number of phenolic OH excluding ortho intramolecular Hbond substituents is 1. The Balaban J connectivity index is 2.11. The van der Waals surface area contributed by atoms with Crippen LogP contribution in [-0.2, 0) is 14.4 Å². The Hall–Kier alpha value is -2.48. The number of phenols is 1. The third kappa shape index (κ3) is 2.86. The van der Waals surface area contributed by atoms with Crippen LogP contribution in [0.3, 0.4) is 0 Å². The number of benzene rings is 1. The van der Waals surface area contributed by atoms with E-state index in [4.69, 9.17) is 5.11 Å². The second-order valence-electron chi connectivity index (χ2n) is 3.78. The van der Waals surface area contributed by atoms with Crippen molar-refractivity contribution in [3.05, 3.63) is 24.3 Å². The van der Waals surface area contributed by atoms with Crippen LogP contribution in [0.25, 0.3) is 0 Å². The largest absolute Gasteiger partial charge is 0.508 e. The van der Waals surface area contributed by atoms with Gasteiger partial charge in [-0.2, -0.15) is 0 Å². The number of rotatable bonds is 2. The summed E-state index contributed by atoms with van der Waals surface area (Å²) in [5.41, 5.74) is 0.358. The molecule has 8 heteroatoms. The molecular formula is C11H9N3O4S. The van der Waals surface area contributed by atoms with E-state index < -0.39 is 23.6 Å². The quantitative estimate of drug-likeness (QED) is 0.331. The van der Waals surface area contributed by atoms with E-state index >= 15 is 0 Å². The molecule has 1 aromatic rings. The number of thiocarbonyl (C=S) groups is 1. The molecule has 0 unspecified atom stereocenters. The highest BCUT2D eigenvalue weighted by atomic mass is 32.1. The fourth-order valence-electron chi connectivity index (χ4n) is 1.52. The van der Waals surface area contributed by atoms with Crippen LogP contribution in [0.15, 0.2) is 24.3 Å². The molecule has 19 heavy (non-hydrogen) atoms. The lowest BCUT2D eigenvalue weighted by Gasteiger charge is -2.21. The number of hydrogen-bond donors (Lipinski definition) is 4. The van der Waals surface area contributed by atoms with Gasteiger partial charge in [-0.1, -0.05) is 0 Å². The van der Waals surface area contributed by atoms with Gasteiger partial charge in [0, 0.05) is 5.69 Å². The molecule has 1 fully saturated rings. The Morgan fingerprint density at radius 1 is 1.16 bits per heavy atom. The first-order valence-corrected chi connectivity index (χ1v) is 5.64. The summed E-state index contributed by atoms with van der Waals surface area (Å²) < 4.78 is 0. The van der Waals surface area contributed by atoms with Crippen LogP contribution in [0, 0.1) is 5.92 Å². The first-order valence-electron chi connectivity index (χ1n) is 5.23. The summed E-state index contributed by atoms with van der Waals surface area (Å²) in [4.78, 5) is 34.9. The van der Waals surface area contributed by atoms with Gasteiger partial charge in [-0.25, -0.2) is 0 Å². The molecule has 0 aromatic heterocycles. The average molecular weight is 279 g/mol. The molecule has 1 saturated heterocycles. The van der Waals surface area contributed by atoms with Gasteiger partial charge in [0.25, 0.3) is 0 Å². The van der Waals surface area contributed by atoms with Gasteiger partial charge in [-0.3, -0.25) is 14.4 Å². The van der Waals surface area contributed by atoms with Gasteiger partial charge in [0.1, 0.15) is 5.75 Å². The van der Waals surface area contributed by atoms with Gasteiger partial charge in [0.2, 0.25) is 17.7 Å². The molecule has 0 aliphatic carbocycles. The number of aromatic hydroxyl groups is 1. The lowest BCUT2D eigenvalue weighted by Crippen LogP contribution is -2.58. The molecule has 1 aliphatic heterocycles. The van der Waals surface area contributed by atoms with Crippen molar-refractivity contribution in [2.24, 2.45) is 5.92 Å². The number of nitrogens with one attached hydrogen (secondary N) is 3. The molecule has 1 aliphatic rings. The molecule has 3 amide bonds. The molecule has 0 atom stereocenters. The van der Waals surface area contributed by atoms with E-state index in [1.807, 2.05) is 0 Å². The van der Waals surface area contributed by atoms with Crippen molar-refractivity contribution in [1.29, 1.82) is 0 Å². The van der Waals surface area contributed by atoms with E-state index in [2.05, 4.69) is 28.2 Å². The normalized spacial score (nSPS) is 15.7. The van der Waals surface area contributed by atoms with Gasteiger partial charge in [0.15, 0.2) is 11.0 Å². The van der Waals surface area contributed by atoms with Gasteiger partial charge in [0.05, 0.1) is 0 Å². The van der Waals surface area contributed by atoms with Crippen LogP contribution >= 0.6 is 12.2 Å². The highest BCUT2D eigenvalue weighted by Gasteiger charge is 2.38. The lowest BCUT2D eigenvalue weighted by atomic mass is 10.1. The molecule has 2 rings (SSSR count). The second-order valence-corrected chi connectivity index (χ2v) is 4.19. The molecular weight excluding hydrogens is 270 g/mol. The topological polar surface area (TPSA) is 108 Å². The first kappa shape index (κ1) is 13.0. The summed E-state index contributed by atoms with van der Waals surface area (Å²) in [6.45, 7) is 0. The molecule has 1 heterocycles. The molecule has 1 aromatic carbocycles. The SMILES string of the molecule is O=C1NC(=S)NC(=O)C1C(=O)Nc1ccc(O)cc1. The Kier molecular flexibility index (Phi) is 3.43. The van der Waals surface area contributed by atoms with Crippen molar-refractivity contribution in [2.45, 2.75) is 0 Å². The van der Waals surface area contributed by atoms with Crippen LogP contribution in [-0.4, -0.2) is 27.9 Å². The molecule has 98 valence electrons. The summed E-state index contributed by atoms with van der Waals surface area (Å²) in [6.07, 6.45) is 0. The van der Waals surface area contributed by atoms with Crippen LogP contribution in [0.4, 0.5) is 5.69 Å². The van der Waals surface area contributed by atoms with Gasteiger partial charge in [-0.05, 0) is 36.5 Å². The second kappa shape index (κ2) is 5.02. The Labute approximate surface area is 113 Å². The van der Waals surface area contributed by atoms with Crippen molar-refractivity contribution in [3.8, 4) is 5.75 Å². The van der Waals surface area contributed by atoms with E-state index in [0.717, 1.165) is 0 Å². The summed E-state index contributed by atoms with van der Waals surface area (Å²) in [5, 5.41) is 15.8. The van der Waals surface area contributed by atoms with Crippen LogP contribution in [0.2, 0.25) is 0 Å². The number of anilines is 1. The van der Waals surface area contributed by atoms with Gasteiger partial charge >= 0.3 is 0 Å². The standard InChI is InChI=1S/C11H9N3O4S/c15-6-3-1-5(2-4-6)12-8(16)7-9(17)13-11(19)14-10(7)18/h1-4,7,15H,(H,12,16)(H2,13,14,17,18,19). The third-order valence-corrected chi connectivity index (χ3v) is 2.60. The number of hydrogen-bond acceptors (Lipinski definition) is 5. The van der Waals surface area contributed by atoms with Crippen molar-refractivity contribution in [3.63, 3.8) is 0 Å². The maximum absolute atomic E-state index is 11.8. The van der Waals surface area contributed by atoms with Crippen LogP contribution in [0.5, 0.6) is 5.75 Å². The molecule has 0 spiro atoms. The van der Waals surface area contributed by atoms with E-state index in [1.54, 1.807) is 0 Å². The first-order chi connectivity index (χ1) is 8.97. The maximum Gasteiger partial charge on any atom is 0.248 e. The monoisotopic (exact) mass is 279 g/mol. The smallest absolute Gasteiger partial charge is 0.248 e. The zero-order chi connectivity index (χ0) is 14.0. The summed E-state index contributed by atoms with van der Waals surface area (Å²) in [6, 6.07) is 5.62. The Morgan fingerprint density at radius 3 is 2.21 bits per heavy atom. The highest BCUT2D eigenvalue weighted by Crippen LogP contribution is 2.15.